The van der Waals surface area contributed by atoms with E-state index in [1.165, 1.54) is 0 Å². The molecule has 0 saturated carbocycles. The summed E-state index contributed by atoms with van der Waals surface area (Å²) < 4.78 is 0. The van der Waals surface area contributed by atoms with E-state index < -0.39 is 0 Å². The van der Waals surface area contributed by atoms with E-state index in [0.717, 1.165) is 6.42 Å². The molecule has 0 bridgehead atoms. The van der Waals surface area contributed by atoms with Gasteiger partial charge in [-0.2, -0.15) is 0 Å². The van der Waals surface area contributed by atoms with Gasteiger partial charge in [-0.05, 0) is 43.5 Å². The largest absolute Gasteiger partial charge is 0.351 e. The van der Waals surface area contributed by atoms with E-state index >= 15 is 0 Å². The third kappa shape index (κ3) is 5.65. The molecule has 1 amide bonds. The molecular formula is C17H20Cl2N4O. The number of aromatic nitrogens is 2. The highest BCUT2D eigenvalue weighted by Gasteiger charge is 2.11. The number of anilines is 2. The van der Waals surface area contributed by atoms with Crippen molar-refractivity contribution in [3.8, 4) is 0 Å². The monoisotopic (exact) mass is 366 g/mol. The Morgan fingerprint density at radius 3 is 2.42 bits per heavy atom. The normalized spacial score (nSPS) is 10.8. The van der Waals surface area contributed by atoms with Crippen molar-refractivity contribution in [2.24, 2.45) is 5.92 Å². The van der Waals surface area contributed by atoms with Crippen molar-refractivity contribution in [3.63, 3.8) is 0 Å². The molecule has 0 saturated heterocycles. The van der Waals surface area contributed by atoms with E-state index in [4.69, 9.17) is 23.2 Å². The Labute approximate surface area is 151 Å². The molecule has 0 unspecified atom stereocenters. The van der Waals surface area contributed by atoms with Crippen LogP contribution in [0.4, 0.5) is 11.6 Å². The van der Waals surface area contributed by atoms with Crippen LogP contribution in [0.25, 0.3) is 0 Å². The van der Waals surface area contributed by atoms with Gasteiger partial charge >= 0.3 is 0 Å². The highest BCUT2D eigenvalue weighted by molar-refractivity contribution is 6.35. The summed E-state index contributed by atoms with van der Waals surface area (Å²) >= 11 is 12.0. The Kier molecular flexibility index (Phi) is 6.40. The summed E-state index contributed by atoms with van der Waals surface area (Å²) in [5.41, 5.74) is 1.67. The van der Waals surface area contributed by atoms with Crippen LogP contribution in [0.2, 0.25) is 10.0 Å². The molecule has 1 aromatic heterocycles. The fourth-order valence-corrected chi connectivity index (χ4v) is 2.59. The molecule has 5 nitrogen and oxygen atoms in total. The molecular weight excluding hydrogens is 347 g/mol. The van der Waals surface area contributed by atoms with Gasteiger partial charge in [-0.1, -0.05) is 37.0 Å². The van der Waals surface area contributed by atoms with Crippen LogP contribution >= 0.6 is 23.2 Å². The van der Waals surface area contributed by atoms with Gasteiger partial charge in [0.15, 0.2) is 0 Å². The maximum atomic E-state index is 12.2. The van der Waals surface area contributed by atoms with Gasteiger partial charge in [0, 0.05) is 28.0 Å². The van der Waals surface area contributed by atoms with Crippen LogP contribution in [-0.2, 0) is 0 Å². The number of benzene rings is 1. The maximum absolute atomic E-state index is 12.2. The van der Waals surface area contributed by atoms with Crippen LogP contribution in [0.1, 0.15) is 36.5 Å². The van der Waals surface area contributed by atoms with Gasteiger partial charge in [0.25, 0.3) is 5.91 Å². The highest BCUT2D eigenvalue weighted by atomic mass is 35.5. The number of nitrogens with one attached hydrogen (secondary N) is 2. The van der Waals surface area contributed by atoms with Crippen LogP contribution in [0.5, 0.6) is 0 Å². The molecule has 2 aromatic rings. The quantitative estimate of drug-likeness (QED) is 0.782. The van der Waals surface area contributed by atoms with Crippen molar-refractivity contribution >= 4 is 40.7 Å². The molecule has 0 atom stereocenters. The third-order valence-electron chi connectivity index (χ3n) is 3.21. The summed E-state index contributed by atoms with van der Waals surface area (Å²) in [6.45, 7) is 6.65. The number of nitrogens with zero attached hydrogens (tertiary/aromatic N) is 2. The second-order valence-electron chi connectivity index (χ2n) is 5.94. The summed E-state index contributed by atoms with van der Waals surface area (Å²) in [5.74, 6) is 0.637. The van der Waals surface area contributed by atoms with Gasteiger partial charge in [0.1, 0.15) is 5.69 Å². The molecule has 24 heavy (non-hydrogen) atoms. The van der Waals surface area contributed by atoms with Gasteiger partial charge in [0.05, 0.1) is 0 Å². The van der Waals surface area contributed by atoms with Crippen molar-refractivity contribution in [3.05, 3.63) is 45.7 Å². The number of hydrogen-bond donors (Lipinski definition) is 2. The van der Waals surface area contributed by atoms with Crippen molar-refractivity contribution < 1.29 is 4.79 Å². The fraction of sp³-hybridized carbons (Fsp3) is 0.353. The molecule has 0 spiro atoms. The second kappa shape index (κ2) is 8.31. The summed E-state index contributed by atoms with van der Waals surface area (Å²) in [6.07, 6.45) is 0.919. The average Bonchev–Trinajstić information content (AvgIpc) is 2.44. The number of hydrogen-bond acceptors (Lipinski definition) is 4. The lowest BCUT2D eigenvalue weighted by molar-refractivity contribution is 0.0947. The molecule has 1 heterocycles. The third-order valence-corrected chi connectivity index (χ3v) is 3.65. The zero-order valence-corrected chi connectivity index (χ0v) is 15.4. The SMILES string of the molecule is Cc1cc(C(=O)NCCC(C)C)nc(Nc2cc(Cl)cc(Cl)c2)n1. The summed E-state index contributed by atoms with van der Waals surface area (Å²) in [5, 5.41) is 6.90. The van der Waals surface area contributed by atoms with Gasteiger partial charge < -0.3 is 10.6 Å². The molecule has 0 radical (unpaired) electrons. The lowest BCUT2D eigenvalue weighted by atomic mass is 10.1. The van der Waals surface area contributed by atoms with Crippen LogP contribution in [0, 0.1) is 12.8 Å². The molecule has 0 aliphatic heterocycles. The number of halogens is 2. The summed E-state index contributed by atoms with van der Waals surface area (Å²) in [7, 11) is 0. The lowest BCUT2D eigenvalue weighted by Gasteiger charge is -2.10. The van der Waals surface area contributed by atoms with Gasteiger partial charge in [-0.3, -0.25) is 4.79 Å². The summed E-state index contributed by atoms with van der Waals surface area (Å²) in [4.78, 5) is 20.8. The number of carbonyl (C=O) groups is 1. The smallest absolute Gasteiger partial charge is 0.270 e. The molecule has 0 aliphatic rings. The topological polar surface area (TPSA) is 66.9 Å². The number of amides is 1. The average molecular weight is 367 g/mol. The van der Waals surface area contributed by atoms with E-state index in [-0.39, 0.29) is 5.91 Å². The standard InChI is InChI=1S/C17H20Cl2N4O/c1-10(2)4-5-20-16(24)15-6-11(3)21-17(23-15)22-14-8-12(18)7-13(19)9-14/h6-10H,4-5H2,1-3H3,(H,20,24)(H,21,22,23). The highest BCUT2D eigenvalue weighted by Crippen LogP contribution is 2.24. The van der Waals surface area contributed by atoms with Crippen LogP contribution in [-0.4, -0.2) is 22.4 Å². The Balaban J connectivity index is 2.14. The van der Waals surface area contributed by atoms with E-state index in [1.807, 2.05) is 6.92 Å². The van der Waals surface area contributed by atoms with Crippen LogP contribution in [0.15, 0.2) is 24.3 Å². The number of aryl methyl sites for hydroxylation is 1. The first-order valence-electron chi connectivity index (χ1n) is 7.70. The summed E-state index contributed by atoms with van der Waals surface area (Å²) in [6, 6.07) is 6.71. The van der Waals surface area contributed by atoms with Crippen molar-refractivity contribution in [2.45, 2.75) is 27.2 Å². The molecule has 0 fully saturated rings. The van der Waals surface area contributed by atoms with Crippen molar-refractivity contribution in [1.29, 1.82) is 0 Å². The minimum Gasteiger partial charge on any atom is -0.351 e. The molecule has 1 aromatic carbocycles. The van der Waals surface area contributed by atoms with Gasteiger partial charge in [-0.15, -0.1) is 0 Å². The van der Waals surface area contributed by atoms with Crippen LogP contribution < -0.4 is 10.6 Å². The van der Waals surface area contributed by atoms with E-state index in [1.54, 1.807) is 24.3 Å². The first-order valence-corrected chi connectivity index (χ1v) is 8.46. The fourth-order valence-electron chi connectivity index (χ4n) is 2.06. The van der Waals surface area contributed by atoms with E-state index in [9.17, 15) is 4.79 Å². The molecule has 2 rings (SSSR count). The first kappa shape index (κ1) is 18.5. The predicted octanol–water partition coefficient (Wildman–Crippen LogP) is 4.61. The second-order valence-corrected chi connectivity index (χ2v) is 6.81. The first-order chi connectivity index (χ1) is 11.3. The zero-order chi connectivity index (χ0) is 17.7. The number of carbonyl (C=O) groups excluding carboxylic acids is 1. The Morgan fingerprint density at radius 1 is 1.12 bits per heavy atom. The molecule has 128 valence electrons. The lowest BCUT2D eigenvalue weighted by Crippen LogP contribution is -2.26. The zero-order valence-electron chi connectivity index (χ0n) is 13.9. The maximum Gasteiger partial charge on any atom is 0.270 e. The molecule has 0 aliphatic carbocycles. The minimum absolute atomic E-state index is 0.215. The number of rotatable bonds is 6. The van der Waals surface area contributed by atoms with E-state index in [0.29, 0.717) is 45.5 Å². The molecule has 7 heteroatoms. The Hall–Kier alpha value is -1.85. The Morgan fingerprint density at radius 2 is 1.79 bits per heavy atom. The van der Waals surface area contributed by atoms with Gasteiger partial charge in [0.2, 0.25) is 5.95 Å². The van der Waals surface area contributed by atoms with Crippen LogP contribution in [0.3, 0.4) is 0 Å². The predicted molar refractivity (Wildman–Crippen MR) is 98.3 cm³/mol. The van der Waals surface area contributed by atoms with Gasteiger partial charge in [-0.25, -0.2) is 9.97 Å². The Bertz CT molecular complexity index is 714. The van der Waals surface area contributed by atoms with E-state index in [2.05, 4.69) is 34.4 Å². The minimum atomic E-state index is -0.215. The van der Waals surface area contributed by atoms with Crippen molar-refractivity contribution in [2.75, 3.05) is 11.9 Å². The van der Waals surface area contributed by atoms with Crippen molar-refractivity contribution in [1.82, 2.24) is 15.3 Å². The molecule has 2 N–H and O–H groups in total.